The lowest BCUT2D eigenvalue weighted by Gasteiger charge is -2.11. The molecule has 0 bridgehead atoms. The van der Waals surface area contributed by atoms with Gasteiger partial charge in [-0.05, 0) is 42.1 Å². The second-order valence-corrected chi connectivity index (χ2v) is 6.51. The number of nitrogens with two attached hydrogens (primary N) is 1. The van der Waals surface area contributed by atoms with Crippen LogP contribution in [-0.2, 0) is 6.54 Å². The standard InChI is InChI=1S/C19H18N2S/c1-2-21-16-7-4-3-6-14(16)15-12-13(9-10-17(15)21)19(20)18-8-5-11-22-18/h3-12,19H,2,20H2,1H3/t19-/m1/s1. The van der Waals surface area contributed by atoms with E-state index >= 15 is 0 Å². The Kier molecular flexibility index (Phi) is 3.25. The minimum Gasteiger partial charge on any atom is -0.341 e. The van der Waals surface area contributed by atoms with Gasteiger partial charge >= 0.3 is 0 Å². The Labute approximate surface area is 133 Å². The molecule has 2 N–H and O–H groups in total. The van der Waals surface area contributed by atoms with E-state index in [1.54, 1.807) is 11.3 Å². The third-order valence-electron chi connectivity index (χ3n) is 4.32. The van der Waals surface area contributed by atoms with Gasteiger partial charge in [0.05, 0.1) is 6.04 Å². The highest BCUT2D eigenvalue weighted by molar-refractivity contribution is 7.10. The van der Waals surface area contributed by atoms with Crippen molar-refractivity contribution in [2.75, 3.05) is 0 Å². The molecular formula is C19H18N2S. The molecule has 0 aliphatic carbocycles. The molecule has 4 aromatic rings. The molecule has 2 nitrogen and oxygen atoms in total. The average molecular weight is 306 g/mol. The van der Waals surface area contributed by atoms with Crippen LogP contribution in [0.2, 0.25) is 0 Å². The van der Waals surface area contributed by atoms with Crippen LogP contribution in [0.1, 0.15) is 23.4 Å². The van der Waals surface area contributed by atoms with E-state index in [9.17, 15) is 0 Å². The number of para-hydroxylation sites is 1. The molecular weight excluding hydrogens is 288 g/mol. The summed E-state index contributed by atoms with van der Waals surface area (Å²) in [6.07, 6.45) is 0. The van der Waals surface area contributed by atoms with Crippen LogP contribution in [0.15, 0.2) is 60.0 Å². The summed E-state index contributed by atoms with van der Waals surface area (Å²) in [5.74, 6) is 0. The summed E-state index contributed by atoms with van der Waals surface area (Å²) in [5.41, 5.74) is 10.2. The molecule has 110 valence electrons. The van der Waals surface area contributed by atoms with Gasteiger partial charge in [0.25, 0.3) is 0 Å². The van der Waals surface area contributed by atoms with Crippen molar-refractivity contribution >= 4 is 33.1 Å². The fourth-order valence-corrected chi connectivity index (χ4v) is 3.99. The minimum atomic E-state index is -0.0480. The minimum absolute atomic E-state index is 0.0480. The van der Waals surface area contributed by atoms with Crippen LogP contribution >= 0.6 is 11.3 Å². The maximum atomic E-state index is 6.44. The molecule has 4 rings (SSSR count). The number of aryl methyl sites for hydroxylation is 1. The number of nitrogens with zero attached hydrogens (tertiary/aromatic N) is 1. The zero-order chi connectivity index (χ0) is 15.1. The highest BCUT2D eigenvalue weighted by Crippen LogP contribution is 2.32. The number of rotatable bonds is 3. The molecule has 3 heteroatoms. The van der Waals surface area contributed by atoms with Crippen LogP contribution in [0, 0.1) is 0 Å². The molecule has 0 spiro atoms. The monoisotopic (exact) mass is 306 g/mol. The first-order valence-electron chi connectivity index (χ1n) is 7.59. The fraction of sp³-hybridized carbons (Fsp3) is 0.158. The van der Waals surface area contributed by atoms with Gasteiger partial charge in [-0.2, -0.15) is 0 Å². The SMILES string of the molecule is CCn1c2ccccc2c2cc([C@@H](N)c3cccs3)ccc21. The van der Waals surface area contributed by atoms with Crippen LogP contribution in [0.5, 0.6) is 0 Å². The first kappa shape index (κ1) is 13.6. The van der Waals surface area contributed by atoms with Crippen LogP contribution in [0.25, 0.3) is 21.8 Å². The number of aromatic nitrogens is 1. The van der Waals surface area contributed by atoms with E-state index < -0.39 is 0 Å². The Morgan fingerprint density at radius 2 is 1.82 bits per heavy atom. The maximum absolute atomic E-state index is 6.44. The third kappa shape index (κ3) is 1.97. The number of hydrogen-bond donors (Lipinski definition) is 1. The topological polar surface area (TPSA) is 30.9 Å². The quantitative estimate of drug-likeness (QED) is 0.572. The van der Waals surface area contributed by atoms with Crippen LogP contribution < -0.4 is 5.73 Å². The van der Waals surface area contributed by atoms with Crippen molar-refractivity contribution in [3.8, 4) is 0 Å². The lowest BCUT2D eigenvalue weighted by molar-refractivity contribution is 0.826. The van der Waals surface area contributed by atoms with E-state index in [1.165, 1.54) is 32.2 Å². The molecule has 0 fully saturated rings. The van der Waals surface area contributed by atoms with Gasteiger partial charge in [-0.15, -0.1) is 11.3 Å². The molecule has 2 heterocycles. The molecule has 0 radical (unpaired) electrons. The van der Waals surface area contributed by atoms with Crippen molar-refractivity contribution in [1.82, 2.24) is 4.57 Å². The predicted molar refractivity (Wildman–Crippen MR) is 95.5 cm³/mol. The van der Waals surface area contributed by atoms with Crippen LogP contribution in [0.4, 0.5) is 0 Å². The van der Waals surface area contributed by atoms with Crippen molar-refractivity contribution in [1.29, 1.82) is 0 Å². The maximum Gasteiger partial charge on any atom is 0.0646 e. The van der Waals surface area contributed by atoms with E-state index in [1.807, 2.05) is 0 Å². The molecule has 0 aliphatic heterocycles. The molecule has 2 aromatic heterocycles. The van der Waals surface area contributed by atoms with Gasteiger partial charge in [-0.1, -0.05) is 30.3 Å². The summed E-state index contributed by atoms with van der Waals surface area (Å²) in [6.45, 7) is 3.16. The summed E-state index contributed by atoms with van der Waals surface area (Å²) in [5, 5.41) is 4.68. The summed E-state index contributed by atoms with van der Waals surface area (Å²) in [7, 11) is 0. The van der Waals surface area contributed by atoms with Crippen molar-refractivity contribution in [3.63, 3.8) is 0 Å². The molecule has 0 unspecified atom stereocenters. The van der Waals surface area contributed by atoms with Gasteiger partial charge in [0.1, 0.15) is 0 Å². The van der Waals surface area contributed by atoms with Crippen molar-refractivity contribution < 1.29 is 0 Å². The number of hydrogen-bond acceptors (Lipinski definition) is 2. The van der Waals surface area contributed by atoms with Gasteiger partial charge in [0.15, 0.2) is 0 Å². The van der Waals surface area contributed by atoms with Crippen molar-refractivity contribution in [2.45, 2.75) is 19.5 Å². The summed E-state index contributed by atoms with van der Waals surface area (Å²) >= 11 is 1.71. The van der Waals surface area contributed by atoms with Crippen molar-refractivity contribution in [2.24, 2.45) is 5.73 Å². The van der Waals surface area contributed by atoms with Gasteiger partial charge < -0.3 is 10.3 Å². The van der Waals surface area contributed by atoms with Gasteiger partial charge in [-0.25, -0.2) is 0 Å². The van der Waals surface area contributed by atoms with E-state index in [2.05, 4.69) is 71.5 Å². The first-order valence-corrected chi connectivity index (χ1v) is 8.47. The average Bonchev–Trinajstić information content (AvgIpc) is 3.20. The predicted octanol–water partition coefficient (Wildman–Crippen LogP) is 4.92. The highest BCUT2D eigenvalue weighted by atomic mass is 32.1. The molecule has 0 amide bonds. The molecule has 2 aromatic carbocycles. The second kappa shape index (κ2) is 5.27. The molecule has 1 atom stereocenters. The highest BCUT2D eigenvalue weighted by Gasteiger charge is 2.14. The zero-order valence-corrected chi connectivity index (χ0v) is 13.3. The van der Waals surface area contributed by atoms with Crippen LogP contribution in [-0.4, -0.2) is 4.57 Å². The number of benzene rings is 2. The van der Waals surface area contributed by atoms with Gasteiger partial charge in [-0.3, -0.25) is 0 Å². The van der Waals surface area contributed by atoms with E-state index in [-0.39, 0.29) is 6.04 Å². The Hall–Kier alpha value is -2.10. The third-order valence-corrected chi connectivity index (χ3v) is 5.28. The largest absolute Gasteiger partial charge is 0.341 e. The van der Waals surface area contributed by atoms with Gasteiger partial charge in [0.2, 0.25) is 0 Å². The Bertz CT molecular complexity index is 935. The number of thiophene rings is 1. The second-order valence-electron chi connectivity index (χ2n) is 5.53. The van der Waals surface area contributed by atoms with E-state index in [4.69, 9.17) is 5.73 Å². The Morgan fingerprint density at radius 1 is 1.00 bits per heavy atom. The first-order chi connectivity index (χ1) is 10.8. The molecule has 0 aliphatic rings. The number of fused-ring (bicyclic) bond motifs is 3. The fourth-order valence-electron chi connectivity index (χ4n) is 3.24. The summed E-state index contributed by atoms with van der Waals surface area (Å²) in [4.78, 5) is 1.21. The Morgan fingerprint density at radius 3 is 2.59 bits per heavy atom. The summed E-state index contributed by atoms with van der Waals surface area (Å²) < 4.78 is 2.37. The van der Waals surface area contributed by atoms with Crippen molar-refractivity contribution in [3.05, 3.63) is 70.4 Å². The molecule has 0 saturated carbocycles. The lowest BCUT2D eigenvalue weighted by Crippen LogP contribution is -2.09. The smallest absolute Gasteiger partial charge is 0.0646 e. The van der Waals surface area contributed by atoms with E-state index in [0.29, 0.717) is 0 Å². The molecule has 0 saturated heterocycles. The lowest BCUT2D eigenvalue weighted by atomic mass is 10.0. The summed E-state index contributed by atoms with van der Waals surface area (Å²) in [6, 6.07) is 19.3. The van der Waals surface area contributed by atoms with Gasteiger partial charge in [0, 0.05) is 33.2 Å². The Balaban J connectivity index is 1.96. The normalized spacial score (nSPS) is 13.0. The zero-order valence-electron chi connectivity index (χ0n) is 12.5. The van der Waals surface area contributed by atoms with E-state index in [0.717, 1.165) is 6.54 Å². The van der Waals surface area contributed by atoms with Crippen LogP contribution in [0.3, 0.4) is 0 Å². The molecule has 22 heavy (non-hydrogen) atoms.